The summed E-state index contributed by atoms with van der Waals surface area (Å²) in [6.07, 6.45) is 17.5. The van der Waals surface area contributed by atoms with Crippen molar-refractivity contribution >= 4 is 0 Å². The molecule has 1 heterocycles. The van der Waals surface area contributed by atoms with Crippen molar-refractivity contribution < 1.29 is 9.47 Å². The van der Waals surface area contributed by atoms with Gasteiger partial charge in [0.25, 0.3) is 0 Å². The Balaban J connectivity index is 1.58. The summed E-state index contributed by atoms with van der Waals surface area (Å²) in [5.41, 5.74) is 3.40. The molecule has 2 aromatic rings. The number of aryl methyl sites for hydroxylation is 1. The monoisotopic (exact) mass is 425 g/mol. The standard InChI is InChI=1S/C28H43NO2/c1-3-5-6-7-8-9-10-11-12-13-23-31-27-19-17-26(18-20-27)28-21-16-25(24-29-28)15-14-22-30-4-2/h16-21,24H,3-15,22-23H2,1-2H3. The van der Waals surface area contributed by atoms with E-state index in [9.17, 15) is 0 Å². The minimum absolute atomic E-state index is 0.788. The van der Waals surface area contributed by atoms with Crippen LogP contribution in [0.1, 0.15) is 90.0 Å². The van der Waals surface area contributed by atoms with Gasteiger partial charge < -0.3 is 9.47 Å². The fourth-order valence-electron chi connectivity index (χ4n) is 3.77. The van der Waals surface area contributed by atoms with Crippen molar-refractivity contribution in [2.75, 3.05) is 19.8 Å². The Bertz CT molecular complexity index is 666. The van der Waals surface area contributed by atoms with Gasteiger partial charge in [0.15, 0.2) is 0 Å². The Labute approximate surface area is 190 Å². The Morgan fingerprint density at radius 1 is 0.677 bits per heavy atom. The first-order valence-electron chi connectivity index (χ1n) is 12.6. The van der Waals surface area contributed by atoms with Gasteiger partial charge in [-0.25, -0.2) is 0 Å². The van der Waals surface area contributed by atoms with E-state index < -0.39 is 0 Å². The number of hydrogen-bond donors (Lipinski definition) is 0. The Morgan fingerprint density at radius 3 is 1.97 bits per heavy atom. The van der Waals surface area contributed by atoms with E-state index >= 15 is 0 Å². The quantitative estimate of drug-likeness (QED) is 0.227. The summed E-state index contributed by atoms with van der Waals surface area (Å²) in [6.45, 7) is 6.73. The summed E-state index contributed by atoms with van der Waals surface area (Å²) in [6, 6.07) is 12.6. The van der Waals surface area contributed by atoms with E-state index in [0.717, 1.165) is 56.1 Å². The molecular weight excluding hydrogens is 382 g/mol. The third kappa shape index (κ3) is 11.4. The van der Waals surface area contributed by atoms with Gasteiger partial charge in [-0.3, -0.25) is 4.98 Å². The highest BCUT2D eigenvalue weighted by Crippen LogP contribution is 2.21. The molecule has 172 valence electrons. The van der Waals surface area contributed by atoms with Gasteiger partial charge >= 0.3 is 0 Å². The molecule has 0 saturated carbocycles. The molecular formula is C28H43NO2. The molecule has 0 N–H and O–H groups in total. The summed E-state index contributed by atoms with van der Waals surface area (Å²) in [4.78, 5) is 4.63. The molecule has 0 unspecified atom stereocenters. The second-order valence-corrected chi connectivity index (χ2v) is 8.41. The number of hydrogen-bond acceptors (Lipinski definition) is 3. The number of benzene rings is 1. The van der Waals surface area contributed by atoms with Crippen LogP contribution in [0, 0.1) is 0 Å². The third-order valence-corrected chi connectivity index (χ3v) is 5.70. The second-order valence-electron chi connectivity index (χ2n) is 8.41. The molecule has 0 fully saturated rings. The lowest BCUT2D eigenvalue weighted by molar-refractivity contribution is 0.145. The normalized spacial score (nSPS) is 11.0. The van der Waals surface area contributed by atoms with Crippen LogP contribution < -0.4 is 4.74 Å². The first-order chi connectivity index (χ1) is 15.3. The molecule has 0 spiro atoms. The van der Waals surface area contributed by atoms with Gasteiger partial charge in [-0.15, -0.1) is 0 Å². The first-order valence-corrected chi connectivity index (χ1v) is 12.6. The van der Waals surface area contributed by atoms with Crippen LogP contribution in [0.15, 0.2) is 42.6 Å². The smallest absolute Gasteiger partial charge is 0.119 e. The summed E-state index contributed by atoms with van der Waals surface area (Å²) in [7, 11) is 0. The van der Waals surface area contributed by atoms with Crippen LogP contribution in [0.4, 0.5) is 0 Å². The van der Waals surface area contributed by atoms with Crippen molar-refractivity contribution in [2.45, 2.75) is 90.9 Å². The fourth-order valence-corrected chi connectivity index (χ4v) is 3.77. The molecule has 0 bridgehead atoms. The lowest BCUT2D eigenvalue weighted by atomic mass is 10.1. The van der Waals surface area contributed by atoms with Gasteiger partial charge in [0.05, 0.1) is 12.3 Å². The largest absolute Gasteiger partial charge is 0.494 e. The fraction of sp³-hybridized carbons (Fsp3) is 0.607. The van der Waals surface area contributed by atoms with E-state index in [4.69, 9.17) is 9.47 Å². The number of unbranched alkanes of at least 4 members (excludes halogenated alkanes) is 9. The molecule has 0 radical (unpaired) electrons. The number of aromatic nitrogens is 1. The van der Waals surface area contributed by atoms with E-state index in [2.05, 4.69) is 48.3 Å². The maximum atomic E-state index is 5.92. The maximum Gasteiger partial charge on any atom is 0.119 e. The number of rotatable bonds is 18. The van der Waals surface area contributed by atoms with Crippen LogP contribution in [-0.4, -0.2) is 24.8 Å². The van der Waals surface area contributed by atoms with Crippen molar-refractivity contribution in [1.82, 2.24) is 4.98 Å². The summed E-state index contributed by atoms with van der Waals surface area (Å²) in [5.74, 6) is 0.951. The van der Waals surface area contributed by atoms with Gasteiger partial charge in [-0.05, 0) is 62.1 Å². The topological polar surface area (TPSA) is 31.4 Å². The number of pyridine rings is 1. The highest BCUT2D eigenvalue weighted by Gasteiger charge is 2.02. The molecule has 0 aliphatic rings. The summed E-state index contributed by atoms with van der Waals surface area (Å²) >= 11 is 0. The van der Waals surface area contributed by atoms with Crippen molar-refractivity contribution in [3.05, 3.63) is 48.2 Å². The van der Waals surface area contributed by atoms with E-state index in [0.29, 0.717) is 0 Å². The zero-order valence-corrected chi connectivity index (χ0v) is 19.9. The number of ether oxygens (including phenoxy) is 2. The predicted octanol–water partition coefficient (Wildman–Crippen LogP) is 8.02. The van der Waals surface area contributed by atoms with Crippen LogP contribution in [-0.2, 0) is 11.2 Å². The van der Waals surface area contributed by atoms with Crippen molar-refractivity contribution in [1.29, 1.82) is 0 Å². The van der Waals surface area contributed by atoms with Gasteiger partial charge in [-0.1, -0.05) is 70.8 Å². The lowest BCUT2D eigenvalue weighted by Crippen LogP contribution is -1.97. The molecule has 0 saturated heterocycles. The Kier molecular flexibility index (Phi) is 13.7. The SMILES string of the molecule is CCCCCCCCCCCCOc1ccc(-c2ccc(CCCOCC)cn2)cc1. The van der Waals surface area contributed by atoms with Crippen LogP contribution in [0.5, 0.6) is 5.75 Å². The molecule has 1 aromatic carbocycles. The minimum Gasteiger partial charge on any atom is -0.494 e. The molecule has 0 atom stereocenters. The molecule has 0 amide bonds. The molecule has 0 aliphatic carbocycles. The second kappa shape index (κ2) is 16.8. The molecule has 3 nitrogen and oxygen atoms in total. The Morgan fingerprint density at radius 2 is 1.35 bits per heavy atom. The van der Waals surface area contributed by atoms with E-state index in [1.54, 1.807) is 0 Å². The van der Waals surface area contributed by atoms with Gasteiger partial charge in [0.2, 0.25) is 0 Å². The average molecular weight is 426 g/mol. The minimum atomic E-state index is 0.788. The van der Waals surface area contributed by atoms with Crippen molar-refractivity contribution in [2.24, 2.45) is 0 Å². The molecule has 2 rings (SSSR count). The summed E-state index contributed by atoms with van der Waals surface area (Å²) < 4.78 is 11.3. The van der Waals surface area contributed by atoms with E-state index in [-0.39, 0.29) is 0 Å². The van der Waals surface area contributed by atoms with Crippen LogP contribution in [0.3, 0.4) is 0 Å². The highest BCUT2D eigenvalue weighted by molar-refractivity contribution is 5.60. The molecule has 3 heteroatoms. The highest BCUT2D eigenvalue weighted by atomic mass is 16.5. The van der Waals surface area contributed by atoms with Gasteiger partial charge in [0.1, 0.15) is 5.75 Å². The van der Waals surface area contributed by atoms with Crippen LogP contribution >= 0.6 is 0 Å². The van der Waals surface area contributed by atoms with Crippen molar-refractivity contribution in [3.8, 4) is 17.0 Å². The molecule has 31 heavy (non-hydrogen) atoms. The van der Waals surface area contributed by atoms with E-state index in [1.165, 1.54) is 63.4 Å². The van der Waals surface area contributed by atoms with Gasteiger partial charge in [-0.2, -0.15) is 0 Å². The zero-order valence-electron chi connectivity index (χ0n) is 19.9. The van der Waals surface area contributed by atoms with Crippen molar-refractivity contribution in [3.63, 3.8) is 0 Å². The maximum absolute atomic E-state index is 5.92. The van der Waals surface area contributed by atoms with Gasteiger partial charge in [0, 0.05) is 25.0 Å². The average Bonchev–Trinajstić information content (AvgIpc) is 2.81. The van der Waals surface area contributed by atoms with E-state index in [1.807, 2.05) is 13.1 Å². The lowest BCUT2D eigenvalue weighted by Gasteiger charge is -2.08. The first kappa shape index (κ1) is 25.4. The van der Waals surface area contributed by atoms with Crippen LogP contribution in [0.25, 0.3) is 11.3 Å². The zero-order chi connectivity index (χ0) is 22.0. The Hall–Kier alpha value is -1.87. The third-order valence-electron chi connectivity index (χ3n) is 5.70. The number of nitrogens with zero attached hydrogens (tertiary/aromatic N) is 1. The predicted molar refractivity (Wildman–Crippen MR) is 132 cm³/mol. The molecule has 0 aliphatic heterocycles. The molecule has 1 aromatic heterocycles. The summed E-state index contributed by atoms with van der Waals surface area (Å²) in [5, 5.41) is 0. The van der Waals surface area contributed by atoms with Crippen LogP contribution in [0.2, 0.25) is 0 Å².